The maximum atomic E-state index is 14.7. The number of carboxylic acid groups (broad SMARTS) is 1. The van der Waals surface area contributed by atoms with Crippen molar-refractivity contribution in [2.75, 3.05) is 7.11 Å². The number of ether oxygens (including phenoxy) is 1. The highest BCUT2D eigenvalue weighted by Gasteiger charge is 2.22. The van der Waals surface area contributed by atoms with Gasteiger partial charge >= 0.3 is 5.97 Å². The fraction of sp³-hybridized carbons (Fsp3) is 0.118. The molecule has 0 radical (unpaired) electrons. The van der Waals surface area contributed by atoms with Crippen LogP contribution in [0.2, 0.25) is 5.02 Å². The molecule has 0 amide bonds. The first-order valence-corrected chi connectivity index (χ1v) is 7.56. The molecular weight excluding hydrogens is 349 g/mol. The van der Waals surface area contributed by atoms with Gasteiger partial charge in [0.2, 0.25) is 0 Å². The number of nitrogens with zero attached hydrogens (tertiary/aromatic N) is 3. The molecule has 6 nitrogen and oxygen atoms in total. The number of pyridine rings is 1. The molecule has 0 aliphatic heterocycles. The summed E-state index contributed by atoms with van der Waals surface area (Å²) in [6.45, 7) is 0. The number of aryl methyl sites for hydroxylation is 1. The van der Waals surface area contributed by atoms with E-state index in [1.54, 1.807) is 24.0 Å². The number of rotatable bonds is 4. The van der Waals surface area contributed by atoms with E-state index < -0.39 is 11.8 Å². The van der Waals surface area contributed by atoms with Gasteiger partial charge in [0, 0.05) is 25.0 Å². The molecule has 0 bridgehead atoms. The third-order valence-electron chi connectivity index (χ3n) is 3.66. The molecule has 2 aromatic heterocycles. The molecule has 3 aromatic rings. The third kappa shape index (κ3) is 3.06. The summed E-state index contributed by atoms with van der Waals surface area (Å²) in [5.74, 6) is -1.83. The zero-order valence-electron chi connectivity index (χ0n) is 13.3. The average Bonchev–Trinajstić information content (AvgIpc) is 3.03. The van der Waals surface area contributed by atoms with Gasteiger partial charge in [-0.3, -0.25) is 9.67 Å². The highest BCUT2D eigenvalue weighted by atomic mass is 35.5. The summed E-state index contributed by atoms with van der Waals surface area (Å²) in [6.07, 6.45) is 2.89. The maximum Gasteiger partial charge on any atom is 0.337 e. The van der Waals surface area contributed by atoms with Crippen molar-refractivity contribution in [3.63, 3.8) is 0 Å². The van der Waals surface area contributed by atoms with Crippen LogP contribution in [0.15, 0.2) is 36.7 Å². The molecule has 0 aliphatic rings. The summed E-state index contributed by atoms with van der Waals surface area (Å²) in [5, 5.41) is 13.6. The lowest BCUT2D eigenvalue weighted by atomic mass is 9.98. The average molecular weight is 362 g/mol. The molecule has 1 N–H and O–H groups in total. The minimum absolute atomic E-state index is 0.0352. The number of aromatic carboxylic acids is 1. The van der Waals surface area contributed by atoms with E-state index in [0.717, 1.165) is 0 Å². The van der Waals surface area contributed by atoms with Gasteiger partial charge in [-0.15, -0.1) is 0 Å². The number of benzene rings is 1. The Hall–Kier alpha value is -2.93. The molecule has 0 spiro atoms. The topological polar surface area (TPSA) is 77.2 Å². The minimum atomic E-state index is -1.24. The molecule has 3 rings (SSSR count). The van der Waals surface area contributed by atoms with Gasteiger partial charge in [0.15, 0.2) is 5.82 Å². The van der Waals surface area contributed by atoms with Crippen molar-refractivity contribution in [1.29, 1.82) is 0 Å². The maximum absolute atomic E-state index is 14.7. The number of hydrogen-bond donors (Lipinski definition) is 1. The standard InChI is InChI=1S/C17H13ClFN3O3/c1-22-6-5-12(21-22)13-7-9(10(8-20-13)17(23)24)15-14(25-2)4-3-11(18)16(15)19/h3-8H,1-2H3,(H,23,24). The van der Waals surface area contributed by atoms with Crippen molar-refractivity contribution < 1.29 is 19.0 Å². The molecule has 0 fully saturated rings. The predicted molar refractivity (Wildman–Crippen MR) is 90.4 cm³/mol. The van der Waals surface area contributed by atoms with Crippen molar-refractivity contribution in [2.45, 2.75) is 0 Å². The number of carboxylic acids is 1. The molecular formula is C17H13ClFN3O3. The van der Waals surface area contributed by atoms with E-state index in [2.05, 4.69) is 10.1 Å². The first kappa shape index (κ1) is 16.9. The second kappa shape index (κ2) is 6.52. The molecule has 0 saturated heterocycles. The summed E-state index contributed by atoms with van der Waals surface area (Å²) in [5.41, 5.74) is 0.843. The summed E-state index contributed by atoms with van der Waals surface area (Å²) in [6, 6.07) is 6.01. The number of methoxy groups -OCH3 is 1. The molecule has 128 valence electrons. The van der Waals surface area contributed by atoms with Crippen LogP contribution in [0, 0.1) is 5.82 Å². The van der Waals surface area contributed by atoms with Gasteiger partial charge in [-0.1, -0.05) is 11.6 Å². The van der Waals surface area contributed by atoms with Gasteiger partial charge in [-0.05, 0) is 24.3 Å². The lowest BCUT2D eigenvalue weighted by Gasteiger charge is -2.13. The van der Waals surface area contributed by atoms with E-state index in [1.807, 2.05) is 0 Å². The smallest absolute Gasteiger partial charge is 0.337 e. The number of aromatic nitrogens is 3. The van der Waals surface area contributed by atoms with E-state index in [-0.39, 0.29) is 27.5 Å². The van der Waals surface area contributed by atoms with Crippen molar-refractivity contribution >= 4 is 17.6 Å². The van der Waals surface area contributed by atoms with Gasteiger partial charge in [0.25, 0.3) is 0 Å². The molecule has 8 heteroatoms. The zero-order chi connectivity index (χ0) is 18.1. The first-order valence-electron chi connectivity index (χ1n) is 7.18. The van der Waals surface area contributed by atoms with Gasteiger partial charge in [-0.25, -0.2) is 9.18 Å². The van der Waals surface area contributed by atoms with Gasteiger partial charge in [0.05, 0.1) is 29.0 Å². The number of carbonyl (C=O) groups is 1. The van der Waals surface area contributed by atoms with E-state index in [0.29, 0.717) is 11.4 Å². The molecule has 0 saturated carbocycles. The highest BCUT2D eigenvalue weighted by Crippen LogP contribution is 2.38. The molecule has 0 atom stereocenters. The second-order valence-corrected chi connectivity index (χ2v) is 5.64. The van der Waals surface area contributed by atoms with Crippen molar-refractivity contribution in [3.05, 3.63) is 53.1 Å². The Balaban J connectivity index is 2.31. The largest absolute Gasteiger partial charge is 0.496 e. The lowest BCUT2D eigenvalue weighted by molar-refractivity contribution is 0.0697. The quantitative estimate of drug-likeness (QED) is 0.767. The summed E-state index contributed by atoms with van der Waals surface area (Å²) in [4.78, 5) is 15.7. The monoisotopic (exact) mass is 361 g/mol. The van der Waals surface area contributed by atoms with E-state index in [1.165, 1.54) is 31.5 Å². The normalized spacial score (nSPS) is 10.7. The molecule has 2 heterocycles. The van der Waals surface area contributed by atoms with Crippen LogP contribution in [-0.2, 0) is 7.05 Å². The van der Waals surface area contributed by atoms with Gasteiger partial charge in [-0.2, -0.15) is 5.10 Å². The Bertz CT molecular complexity index is 972. The molecule has 25 heavy (non-hydrogen) atoms. The summed E-state index contributed by atoms with van der Waals surface area (Å²) in [7, 11) is 3.11. The molecule has 0 aliphatic carbocycles. The zero-order valence-corrected chi connectivity index (χ0v) is 14.1. The van der Waals surface area contributed by atoms with Gasteiger partial charge < -0.3 is 9.84 Å². The Morgan fingerprint density at radius 2 is 2.08 bits per heavy atom. The lowest BCUT2D eigenvalue weighted by Crippen LogP contribution is -2.04. The molecule has 0 unspecified atom stereocenters. The molecule has 1 aromatic carbocycles. The van der Waals surface area contributed by atoms with Crippen molar-refractivity contribution in [3.8, 4) is 28.3 Å². The fourth-order valence-corrected chi connectivity index (χ4v) is 2.64. The van der Waals surface area contributed by atoms with Crippen LogP contribution in [0.1, 0.15) is 10.4 Å². The number of hydrogen-bond acceptors (Lipinski definition) is 4. The van der Waals surface area contributed by atoms with E-state index >= 15 is 0 Å². The van der Waals surface area contributed by atoms with Crippen LogP contribution in [0.25, 0.3) is 22.5 Å². The Labute approximate surface area is 147 Å². The highest BCUT2D eigenvalue weighted by molar-refractivity contribution is 6.31. The minimum Gasteiger partial charge on any atom is -0.496 e. The van der Waals surface area contributed by atoms with E-state index in [9.17, 15) is 14.3 Å². The first-order chi connectivity index (χ1) is 11.9. The Morgan fingerprint density at radius 3 is 2.68 bits per heavy atom. The third-order valence-corrected chi connectivity index (χ3v) is 3.95. The Kier molecular flexibility index (Phi) is 4.41. The van der Waals surface area contributed by atoms with Gasteiger partial charge in [0.1, 0.15) is 11.4 Å². The predicted octanol–water partition coefficient (Wildman–Crippen LogP) is 3.65. The van der Waals surface area contributed by atoms with Crippen molar-refractivity contribution in [2.24, 2.45) is 7.05 Å². The van der Waals surface area contributed by atoms with Crippen molar-refractivity contribution in [1.82, 2.24) is 14.8 Å². The van der Waals surface area contributed by atoms with Crippen LogP contribution in [-0.4, -0.2) is 33.0 Å². The van der Waals surface area contributed by atoms with E-state index in [4.69, 9.17) is 16.3 Å². The Morgan fingerprint density at radius 1 is 1.32 bits per heavy atom. The van der Waals surface area contributed by atoms with Crippen LogP contribution >= 0.6 is 11.6 Å². The summed E-state index contributed by atoms with van der Waals surface area (Å²) >= 11 is 5.88. The van der Waals surface area contributed by atoms with Crippen LogP contribution in [0.3, 0.4) is 0 Å². The SMILES string of the molecule is COc1ccc(Cl)c(F)c1-c1cc(-c2ccn(C)n2)ncc1C(=O)O. The fourth-order valence-electron chi connectivity index (χ4n) is 2.48. The van der Waals surface area contributed by atoms with Crippen LogP contribution in [0.4, 0.5) is 4.39 Å². The van der Waals surface area contributed by atoms with Crippen LogP contribution in [0.5, 0.6) is 5.75 Å². The van der Waals surface area contributed by atoms with Crippen LogP contribution < -0.4 is 4.74 Å². The summed E-state index contributed by atoms with van der Waals surface area (Å²) < 4.78 is 21.4. The second-order valence-electron chi connectivity index (χ2n) is 5.23. The number of halogens is 2.